The standard InChI is InChI=1S/C20H20N2O7/c1-13-9-14(7-8-16(13)22(25)26)20(24)28-12-19(23)21(2)10-15-11-27-17-5-3-4-6-18(17)29-15/h3-9,15H,10-12H2,1-2H3/t15-/m1/s1. The highest BCUT2D eigenvalue weighted by molar-refractivity contribution is 5.91. The Morgan fingerprint density at radius 3 is 2.66 bits per heavy atom. The number of hydrogen-bond acceptors (Lipinski definition) is 7. The van der Waals surface area contributed by atoms with Crippen LogP contribution in [0.3, 0.4) is 0 Å². The van der Waals surface area contributed by atoms with Crippen molar-refractivity contribution in [1.82, 2.24) is 4.90 Å². The first-order chi connectivity index (χ1) is 13.8. The molecule has 0 radical (unpaired) electrons. The number of benzene rings is 2. The highest BCUT2D eigenvalue weighted by atomic mass is 16.6. The molecule has 2 aromatic carbocycles. The number of rotatable bonds is 6. The van der Waals surface area contributed by atoms with Crippen LogP contribution in [0.4, 0.5) is 5.69 Å². The van der Waals surface area contributed by atoms with Crippen LogP contribution in [0.1, 0.15) is 15.9 Å². The van der Waals surface area contributed by atoms with Crippen molar-refractivity contribution in [2.45, 2.75) is 13.0 Å². The van der Waals surface area contributed by atoms with E-state index in [1.165, 1.54) is 30.0 Å². The topological polar surface area (TPSA) is 108 Å². The van der Waals surface area contributed by atoms with Crippen molar-refractivity contribution in [1.29, 1.82) is 0 Å². The molecule has 1 aliphatic heterocycles. The van der Waals surface area contributed by atoms with Crippen molar-refractivity contribution < 1.29 is 28.7 Å². The summed E-state index contributed by atoms with van der Waals surface area (Å²) < 4.78 is 16.5. The maximum Gasteiger partial charge on any atom is 0.338 e. The number of ether oxygens (including phenoxy) is 3. The van der Waals surface area contributed by atoms with E-state index in [-0.39, 0.29) is 23.9 Å². The van der Waals surface area contributed by atoms with E-state index in [9.17, 15) is 19.7 Å². The molecule has 0 aliphatic carbocycles. The van der Waals surface area contributed by atoms with E-state index in [0.29, 0.717) is 23.7 Å². The van der Waals surface area contributed by atoms with Crippen LogP contribution in [0.5, 0.6) is 11.5 Å². The number of hydrogen-bond donors (Lipinski definition) is 0. The fourth-order valence-corrected chi connectivity index (χ4v) is 2.87. The number of carbonyl (C=O) groups is 2. The van der Waals surface area contributed by atoms with Gasteiger partial charge in [-0.15, -0.1) is 0 Å². The molecule has 0 bridgehead atoms. The Hall–Kier alpha value is -3.62. The average Bonchev–Trinajstić information content (AvgIpc) is 2.71. The van der Waals surface area contributed by atoms with Crippen LogP contribution in [-0.4, -0.2) is 54.6 Å². The quantitative estimate of drug-likeness (QED) is 0.416. The zero-order valence-electron chi connectivity index (χ0n) is 16.0. The lowest BCUT2D eigenvalue weighted by Crippen LogP contribution is -2.43. The van der Waals surface area contributed by atoms with Gasteiger partial charge in [-0.25, -0.2) is 4.79 Å². The van der Waals surface area contributed by atoms with Crippen molar-refractivity contribution in [3.63, 3.8) is 0 Å². The number of para-hydroxylation sites is 2. The number of nitrogens with zero attached hydrogens (tertiary/aromatic N) is 2. The summed E-state index contributed by atoms with van der Waals surface area (Å²) in [6.45, 7) is 1.64. The lowest BCUT2D eigenvalue weighted by molar-refractivity contribution is -0.385. The van der Waals surface area contributed by atoms with Gasteiger partial charge in [0.2, 0.25) is 0 Å². The Balaban J connectivity index is 1.51. The summed E-state index contributed by atoms with van der Waals surface area (Å²) in [5.41, 5.74) is 0.389. The molecule has 9 nitrogen and oxygen atoms in total. The normalized spacial score (nSPS) is 14.8. The third kappa shape index (κ3) is 4.81. The number of amides is 1. The number of fused-ring (bicyclic) bond motifs is 1. The maximum atomic E-state index is 12.3. The minimum atomic E-state index is -0.726. The summed E-state index contributed by atoms with van der Waals surface area (Å²) in [4.78, 5) is 36.1. The van der Waals surface area contributed by atoms with Gasteiger partial charge in [-0.2, -0.15) is 0 Å². The van der Waals surface area contributed by atoms with Crippen molar-refractivity contribution in [3.8, 4) is 11.5 Å². The van der Waals surface area contributed by atoms with Gasteiger partial charge in [-0.05, 0) is 31.2 Å². The predicted octanol–water partition coefficient (Wildman–Crippen LogP) is 2.36. The van der Waals surface area contributed by atoms with E-state index in [1.54, 1.807) is 19.2 Å². The SMILES string of the molecule is Cc1cc(C(=O)OCC(=O)N(C)C[C@@H]2COc3ccccc3O2)ccc1[N+](=O)[O-]. The molecule has 0 saturated carbocycles. The van der Waals surface area contributed by atoms with Gasteiger partial charge in [0.15, 0.2) is 24.2 Å². The summed E-state index contributed by atoms with van der Waals surface area (Å²) >= 11 is 0. The molecule has 29 heavy (non-hydrogen) atoms. The molecule has 0 fully saturated rings. The third-order valence-corrected chi connectivity index (χ3v) is 4.43. The van der Waals surface area contributed by atoms with Crippen LogP contribution < -0.4 is 9.47 Å². The summed E-state index contributed by atoms with van der Waals surface area (Å²) in [5.74, 6) is 0.144. The molecule has 1 atom stereocenters. The number of esters is 1. The van der Waals surface area contributed by atoms with Crippen molar-refractivity contribution in [2.75, 3.05) is 26.8 Å². The zero-order valence-corrected chi connectivity index (χ0v) is 16.0. The monoisotopic (exact) mass is 400 g/mol. The second-order valence-electron chi connectivity index (χ2n) is 6.61. The number of carbonyl (C=O) groups excluding carboxylic acids is 2. The van der Waals surface area contributed by atoms with E-state index in [2.05, 4.69) is 0 Å². The molecule has 0 N–H and O–H groups in total. The first-order valence-electron chi connectivity index (χ1n) is 8.89. The van der Waals surface area contributed by atoms with Gasteiger partial charge in [0.1, 0.15) is 6.61 Å². The van der Waals surface area contributed by atoms with E-state index in [1.807, 2.05) is 12.1 Å². The molecule has 152 valence electrons. The highest BCUT2D eigenvalue weighted by Crippen LogP contribution is 2.30. The van der Waals surface area contributed by atoms with Gasteiger partial charge < -0.3 is 19.1 Å². The predicted molar refractivity (Wildman–Crippen MR) is 102 cm³/mol. The third-order valence-electron chi connectivity index (χ3n) is 4.43. The minimum absolute atomic E-state index is 0.0892. The van der Waals surface area contributed by atoms with Gasteiger partial charge >= 0.3 is 5.97 Å². The zero-order chi connectivity index (χ0) is 21.0. The largest absolute Gasteiger partial charge is 0.486 e. The van der Waals surface area contributed by atoms with E-state index < -0.39 is 23.4 Å². The van der Waals surface area contributed by atoms with Crippen LogP contribution in [0.25, 0.3) is 0 Å². The Bertz CT molecular complexity index is 944. The number of aryl methyl sites for hydroxylation is 1. The summed E-state index contributed by atoms with van der Waals surface area (Å²) in [6, 6.07) is 11.2. The Kier molecular flexibility index (Phi) is 5.96. The van der Waals surface area contributed by atoms with Gasteiger partial charge in [-0.3, -0.25) is 14.9 Å². The molecule has 3 rings (SSSR count). The number of nitro benzene ring substituents is 1. The number of nitro groups is 1. The smallest absolute Gasteiger partial charge is 0.338 e. The molecular weight excluding hydrogens is 380 g/mol. The minimum Gasteiger partial charge on any atom is -0.486 e. The van der Waals surface area contributed by atoms with Crippen LogP contribution in [0, 0.1) is 17.0 Å². The molecule has 0 aromatic heterocycles. The van der Waals surface area contributed by atoms with E-state index >= 15 is 0 Å². The van der Waals surface area contributed by atoms with Crippen LogP contribution in [0.2, 0.25) is 0 Å². The summed E-state index contributed by atoms with van der Waals surface area (Å²) in [5, 5.41) is 10.8. The molecule has 0 unspecified atom stereocenters. The second kappa shape index (κ2) is 8.59. The summed E-state index contributed by atoms with van der Waals surface area (Å²) in [7, 11) is 1.58. The lowest BCUT2D eigenvalue weighted by Gasteiger charge is -2.29. The first-order valence-corrected chi connectivity index (χ1v) is 8.89. The number of likely N-dealkylation sites (N-methyl/N-ethyl adjacent to an activating group) is 1. The molecule has 1 amide bonds. The molecule has 0 saturated heterocycles. The molecule has 0 spiro atoms. The van der Waals surface area contributed by atoms with Crippen molar-refractivity contribution in [3.05, 3.63) is 63.7 Å². The fraction of sp³-hybridized carbons (Fsp3) is 0.300. The van der Waals surface area contributed by atoms with Crippen LogP contribution in [0.15, 0.2) is 42.5 Å². The second-order valence-corrected chi connectivity index (χ2v) is 6.61. The Morgan fingerprint density at radius 2 is 1.97 bits per heavy atom. The Labute approximate surface area is 166 Å². The van der Waals surface area contributed by atoms with Crippen molar-refractivity contribution >= 4 is 17.6 Å². The van der Waals surface area contributed by atoms with Gasteiger partial charge in [0, 0.05) is 18.7 Å². The maximum absolute atomic E-state index is 12.3. The summed E-state index contributed by atoms with van der Waals surface area (Å²) in [6.07, 6.45) is -0.341. The fourth-order valence-electron chi connectivity index (χ4n) is 2.87. The van der Waals surface area contributed by atoms with Crippen LogP contribution >= 0.6 is 0 Å². The van der Waals surface area contributed by atoms with Crippen LogP contribution in [-0.2, 0) is 9.53 Å². The molecule has 2 aromatic rings. The van der Waals surface area contributed by atoms with Gasteiger partial charge in [0.05, 0.1) is 17.0 Å². The first kappa shape index (κ1) is 20.1. The molecular formula is C20H20N2O7. The Morgan fingerprint density at radius 1 is 1.24 bits per heavy atom. The van der Waals surface area contributed by atoms with Crippen molar-refractivity contribution in [2.24, 2.45) is 0 Å². The van der Waals surface area contributed by atoms with E-state index in [0.717, 1.165) is 0 Å². The molecule has 9 heteroatoms. The lowest BCUT2D eigenvalue weighted by atomic mass is 10.1. The average molecular weight is 400 g/mol. The van der Waals surface area contributed by atoms with E-state index in [4.69, 9.17) is 14.2 Å². The van der Waals surface area contributed by atoms with Gasteiger partial charge in [0.25, 0.3) is 11.6 Å². The molecule has 1 heterocycles. The molecule has 1 aliphatic rings. The van der Waals surface area contributed by atoms with Gasteiger partial charge in [-0.1, -0.05) is 12.1 Å². The highest BCUT2D eigenvalue weighted by Gasteiger charge is 2.24.